The molecule has 0 atom stereocenters. The molecule has 1 aromatic rings. The van der Waals surface area contributed by atoms with Gasteiger partial charge in [0, 0.05) is 5.56 Å². The van der Waals surface area contributed by atoms with Gasteiger partial charge < -0.3 is 9.84 Å². The van der Waals surface area contributed by atoms with Crippen molar-refractivity contribution in [2.24, 2.45) is 0 Å². The average Bonchev–Trinajstić information content (AvgIpc) is 2.37. The predicted octanol–water partition coefficient (Wildman–Crippen LogP) is 2.32. The van der Waals surface area contributed by atoms with Crippen LogP contribution in [0.1, 0.15) is 27.9 Å². The van der Waals surface area contributed by atoms with Gasteiger partial charge in [-0.3, -0.25) is 4.79 Å². The fourth-order valence-corrected chi connectivity index (χ4v) is 1.33. The minimum atomic E-state index is -4.80. The second-order valence-electron chi connectivity index (χ2n) is 3.62. The van der Waals surface area contributed by atoms with Gasteiger partial charge in [-0.2, -0.15) is 13.2 Å². The second-order valence-corrected chi connectivity index (χ2v) is 3.62. The maximum atomic E-state index is 12.7. The lowest BCUT2D eigenvalue weighted by Crippen LogP contribution is -2.13. The molecule has 106 valence electrons. The van der Waals surface area contributed by atoms with E-state index in [4.69, 9.17) is 5.11 Å². The topological polar surface area (TPSA) is 63.6 Å². The Bertz CT molecular complexity index is 594. The van der Waals surface area contributed by atoms with Crippen LogP contribution in [0.15, 0.2) is 18.2 Å². The highest BCUT2D eigenvalue weighted by atomic mass is 19.4. The van der Waals surface area contributed by atoms with Crippen molar-refractivity contribution in [3.63, 3.8) is 0 Å². The van der Waals surface area contributed by atoms with Crippen molar-refractivity contribution >= 4 is 11.9 Å². The largest absolute Gasteiger partial charge is 0.478 e. The van der Waals surface area contributed by atoms with E-state index in [1.165, 1.54) is 0 Å². The van der Waals surface area contributed by atoms with Crippen molar-refractivity contribution in [1.29, 1.82) is 0 Å². The number of aromatic carboxylic acids is 1. The average molecular weight is 286 g/mol. The van der Waals surface area contributed by atoms with E-state index < -0.39 is 29.2 Å². The smallest absolute Gasteiger partial charge is 0.417 e. The summed E-state index contributed by atoms with van der Waals surface area (Å²) in [5.41, 5.74) is -2.17. The predicted molar refractivity (Wildman–Crippen MR) is 61.9 cm³/mol. The molecule has 0 heterocycles. The molecule has 7 heteroatoms. The highest BCUT2D eigenvalue weighted by molar-refractivity contribution is 5.89. The Morgan fingerprint density at radius 2 is 2.00 bits per heavy atom. The molecule has 20 heavy (non-hydrogen) atoms. The number of halogens is 3. The van der Waals surface area contributed by atoms with Gasteiger partial charge in [-0.15, -0.1) is 0 Å². The lowest BCUT2D eigenvalue weighted by Gasteiger charge is -2.10. The maximum Gasteiger partial charge on any atom is 0.417 e. The van der Waals surface area contributed by atoms with Crippen molar-refractivity contribution in [3.05, 3.63) is 34.9 Å². The number of alkyl halides is 3. The third-order valence-corrected chi connectivity index (χ3v) is 2.25. The van der Waals surface area contributed by atoms with Crippen LogP contribution in [0.5, 0.6) is 0 Å². The molecule has 0 unspecified atom stereocenters. The summed E-state index contributed by atoms with van der Waals surface area (Å²) in [7, 11) is 1.16. The number of carboxylic acid groups (broad SMARTS) is 1. The van der Waals surface area contributed by atoms with E-state index in [0.717, 1.165) is 19.2 Å². The highest BCUT2D eigenvalue weighted by Crippen LogP contribution is 2.32. The maximum absolute atomic E-state index is 12.7. The molecule has 1 aromatic carbocycles. The lowest BCUT2D eigenvalue weighted by molar-refractivity contribution is -0.139. The zero-order chi connectivity index (χ0) is 15.3. The standard InChI is InChI=1S/C13H9F3O4/c1-20-11(17)4-2-3-8-5-6-9(12(18)19)10(7-8)13(14,15)16/h5-7H,4H2,1H3,(H,18,19). The van der Waals surface area contributed by atoms with Crippen LogP contribution in [0.2, 0.25) is 0 Å². The summed E-state index contributed by atoms with van der Waals surface area (Å²) in [6.07, 6.45) is -5.06. The van der Waals surface area contributed by atoms with Crippen LogP contribution in [-0.4, -0.2) is 24.2 Å². The first-order valence-corrected chi connectivity index (χ1v) is 5.26. The Balaban J connectivity index is 3.14. The van der Waals surface area contributed by atoms with Gasteiger partial charge in [0.2, 0.25) is 0 Å². The van der Waals surface area contributed by atoms with E-state index in [-0.39, 0.29) is 12.0 Å². The van der Waals surface area contributed by atoms with Crippen LogP contribution in [0, 0.1) is 11.8 Å². The molecule has 0 aliphatic rings. The molecule has 0 radical (unpaired) electrons. The van der Waals surface area contributed by atoms with E-state index in [1.54, 1.807) is 0 Å². The van der Waals surface area contributed by atoms with Crippen molar-refractivity contribution in [1.82, 2.24) is 0 Å². The summed E-state index contributed by atoms with van der Waals surface area (Å²) in [6.45, 7) is 0. The minimum Gasteiger partial charge on any atom is -0.478 e. The van der Waals surface area contributed by atoms with Crippen molar-refractivity contribution in [3.8, 4) is 11.8 Å². The first kappa shape index (κ1) is 15.6. The minimum absolute atomic E-state index is 0.0359. The Labute approximate surface area is 112 Å². The van der Waals surface area contributed by atoms with E-state index in [1.807, 2.05) is 0 Å². The molecule has 1 N–H and O–H groups in total. The normalized spacial score (nSPS) is 10.4. The molecule has 0 amide bonds. The first-order chi connectivity index (χ1) is 9.25. The zero-order valence-electron chi connectivity index (χ0n) is 10.2. The van der Waals surface area contributed by atoms with Gasteiger partial charge >= 0.3 is 18.1 Å². The summed E-state index contributed by atoms with van der Waals surface area (Å²) in [5.74, 6) is 2.40. The highest BCUT2D eigenvalue weighted by Gasteiger charge is 2.35. The summed E-state index contributed by atoms with van der Waals surface area (Å²) < 4.78 is 42.4. The molecule has 0 aliphatic heterocycles. The number of carbonyl (C=O) groups is 2. The van der Waals surface area contributed by atoms with Crippen molar-refractivity contribution in [2.75, 3.05) is 7.11 Å². The van der Waals surface area contributed by atoms with Crippen LogP contribution in [-0.2, 0) is 15.7 Å². The van der Waals surface area contributed by atoms with Gasteiger partial charge in [-0.25, -0.2) is 4.79 Å². The fraction of sp³-hybridized carbons (Fsp3) is 0.231. The van der Waals surface area contributed by atoms with E-state index >= 15 is 0 Å². The monoisotopic (exact) mass is 286 g/mol. The summed E-state index contributed by atoms with van der Waals surface area (Å²) >= 11 is 0. The van der Waals surface area contributed by atoms with Gasteiger partial charge in [0.25, 0.3) is 0 Å². The Morgan fingerprint density at radius 1 is 1.35 bits per heavy atom. The molecule has 0 saturated heterocycles. The fourth-order valence-electron chi connectivity index (χ4n) is 1.33. The lowest BCUT2D eigenvalue weighted by atomic mass is 10.0. The van der Waals surface area contributed by atoms with Gasteiger partial charge in [-0.1, -0.05) is 11.8 Å². The third kappa shape index (κ3) is 4.02. The Hall–Kier alpha value is -2.49. The molecular formula is C13H9F3O4. The van der Waals surface area contributed by atoms with Crippen molar-refractivity contribution < 1.29 is 32.6 Å². The number of hydrogen-bond donors (Lipinski definition) is 1. The molecule has 0 aliphatic carbocycles. The molecule has 4 nitrogen and oxygen atoms in total. The molecule has 0 aromatic heterocycles. The van der Waals surface area contributed by atoms with Gasteiger partial charge in [0.05, 0.1) is 18.2 Å². The number of esters is 1. The van der Waals surface area contributed by atoms with Crippen LogP contribution < -0.4 is 0 Å². The SMILES string of the molecule is COC(=O)CC#Cc1ccc(C(=O)O)c(C(F)(F)F)c1. The summed E-state index contributed by atoms with van der Waals surface area (Å²) in [4.78, 5) is 21.5. The van der Waals surface area contributed by atoms with Crippen LogP contribution in [0.3, 0.4) is 0 Å². The molecule has 0 fully saturated rings. The van der Waals surface area contributed by atoms with E-state index in [2.05, 4.69) is 16.6 Å². The zero-order valence-corrected chi connectivity index (χ0v) is 10.2. The van der Waals surface area contributed by atoms with Crippen molar-refractivity contribution in [2.45, 2.75) is 12.6 Å². The summed E-state index contributed by atoms with van der Waals surface area (Å²) in [6, 6.07) is 2.60. The number of carbonyl (C=O) groups excluding carboxylic acids is 1. The van der Waals surface area contributed by atoms with Gasteiger partial charge in [0.15, 0.2) is 0 Å². The number of benzene rings is 1. The van der Waals surface area contributed by atoms with Gasteiger partial charge in [-0.05, 0) is 18.2 Å². The van der Waals surface area contributed by atoms with Gasteiger partial charge in [0.1, 0.15) is 6.42 Å². The van der Waals surface area contributed by atoms with Crippen LogP contribution in [0.4, 0.5) is 13.2 Å². The molecule has 0 saturated carbocycles. The molecule has 0 bridgehead atoms. The Kier molecular flexibility index (Phi) is 4.75. The number of rotatable bonds is 2. The number of methoxy groups -OCH3 is 1. The summed E-state index contributed by atoms with van der Waals surface area (Å²) in [5, 5.41) is 8.70. The first-order valence-electron chi connectivity index (χ1n) is 5.26. The van der Waals surface area contributed by atoms with Crippen LogP contribution >= 0.6 is 0 Å². The number of carboxylic acids is 1. The third-order valence-electron chi connectivity index (χ3n) is 2.25. The number of hydrogen-bond acceptors (Lipinski definition) is 3. The second kappa shape index (κ2) is 6.10. The molecule has 1 rings (SSSR count). The quantitative estimate of drug-likeness (QED) is 0.669. The molecule has 0 spiro atoms. The van der Waals surface area contributed by atoms with E-state index in [9.17, 15) is 22.8 Å². The number of ether oxygens (including phenoxy) is 1. The van der Waals surface area contributed by atoms with E-state index in [0.29, 0.717) is 6.07 Å². The Morgan fingerprint density at radius 3 is 2.50 bits per heavy atom. The molecular weight excluding hydrogens is 277 g/mol. The van der Waals surface area contributed by atoms with Crippen LogP contribution in [0.25, 0.3) is 0 Å².